The van der Waals surface area contributed by atoms with E-state index >= 15 is 0 Å². The van der Waals surface area contributed by atoms with Gasteiger partial charge in [-0.3, -0.25) is 0 Å². The molecule has 6 aliphatic carbocycles. The SMILES string of the molecule is CNC[C@H]1C[C@]2(C[C@@H]3[C@H]4Cc5cc(O)cc(c5)Cc5ccccc5CN[C@@H](C)CSSC[C@@H](C4)C[C@H]3[C@]3(C=CC[C@H](C)C3)C2)C[C@@]12CCC1(CCCC1)C2. The third-order valence-corrected chi connectivity index (χ3v) is 19.6. The van der Waals surface area contributed by atoms with Crippen molar-refractivity contribution < 1.29 is 5.11 Å². The Kier molecular flexibility index (Phi) is 10.9. The number of benzene rings is 2. The summed E-state index contributed by atoms with van der Waals surface area (Å²) in [6.07, 6.45) is 29.3. The van der Waals surface area contributed by atoms with E-state index in [9.17, 15) is 5.11 Å². The van der Waals surface area contributed by atoms with Crippen molar-refractivity contribution >= 4 is 21.6 Å². The van der Waals surface area contributed by atoms with Gasteiger partial charge in [0.05, 0.1) is 0 Å². The first-order valence-corrected chi connectivity index (χ1v) is 24.8. The van der Waals surface area contributed by atoms with Crippen molar-refractivity contribution in [2.75, 3.05) is 25.1 Å². The van der Waals surface area contributed by atoms with Crippen LogP contribution in [0, 0.1) is 57.2 Å². The zero-order chi connectivity index (χ0) is 37.0. The van der Waals surface area contributed by atoms with Crippen LogP contribution in [-0.4, -0.2) is 36.2 Å². The van der Waals surface area contributed by atoms with Crippen molar-refractivity contribution in [3.8, 4) is 5.75 Å². The largest absolute Gasteiger partial charge is 0.508 e. The average Bonchev–Trinajstić information content (AvgIpc) is 3.83. The average molecular weight is 767 g/mol. The minimum Gasteiger partial charge on any atom is -0.508 e. The summed E-state index contributed by atoms with van der Waals surface area (Å²) in [4.78, 5) is 0. The van der Waals surface area contributed by atoms with Gasteiger partial charge in [0, 0.05) is 24.1 Å². The van der Waals surface area contributed by atoms with Crippen LogP contribution in [0.4, 0.5) is 0 Å². The first-order chi connectivity index (χ1) is 26.2. The standard InChI is InChI=1S/C49H70N2OS2/c1-34-9-8-14-48(24-34)32-47(25-42(28-50-3)49(33-47)16-15-46(31-49)12-6-7-13-46)26-44-41-19-37-17-36(21-43(52)22-37)18-39-10-4-5-11-40(39)27-51-35(2)29-53-54-30-38(20-41)23-45(44)48/h4-5,8,10-11,14,17,21-22,34-35,38,41-42,44-45,50-52H,6-7,9,12-13,15-16,18-20,23-33H2,1-3H3/t34-,35-,38-,41-,42+,44+,45+,47+,48-,49-/m0/s1. The molecule has 4 spiro atoms. The molecule has 0 amide bonds. The quantitative estimate of drug-likeness (QED) is 0.210. The lowest BCUT2D eigenvalue weighted by molar-refractivity contribution is -0.0846. The minimum atomic E-state index is 0.347. The Morgan fingerprint density at radius 1 is 0.852 bits per heavy atom. The van der Waals surface area contributed by atoms with Gasteiger partial charge in [0.15, 0.2) is 0 Å². The number of fused-ring (bicyclic) bond motifs is 8. The van der Waals surface area contributed by atoms with E-state index in [0.29, 0.717) is 39.4 Å². The number of nitrogens with one attached hydrogen (secondary N) is 2. The maximum Gasteiger partial charge on any atom is 0.116 e. The molecule has 294 valence electrons. The van der Waals surface area contributed by atoms with Gasteiger partial charge in [-0.2, -0.15) is 0 Å². The van der Waals surface area contributed by atoms with Crippen LogP contribution < -0.4 is 10.6 Å². The monoisotopic (exact) mass is 766 g/mol. The first-order valence-electron chi connectivity index (χ1n) is 22.4. The Balaban J connectivity index is 1.08. The van der Waals surface area contributed by atoms with Crippen molar-refractivity contribution in [2.45, 2.75) is 136 Å². The Labute approximate surface area is 336 Å². The molecule has 1 aliphatic heterocycles. The second kappa shape index (κ2) is 15.4. The van der Waals surface area contributed by atoms with Crippen LogP contribution in [-0.2, 0) is 19.4 Å². The molecule has 0 unspecified atom stereocenters. The topological polar surface area (TPSA) is 44.3 Å². The molecule has 0 saturated heterocycles. The molecule has 7 aliphatic rings. The summed E-state index contributed by atoms with van der Waals surface area (Å²) in [6.45, 7) is 7.05. The fourth-order valence-corrected chi connectivity index (χ4v) is 17.8. The van der Waals surface area contributed by atoms with E-state index < -0.39 is 0 Å². The normalized spacial score (nSPS) is 40.6. The van der Waals surface area contributed by atoms with E-state index in [1.54, 1.807) is 0 Å². The summed E-state index contributed by atoms with van der Waals surface area (Å²) < 4.78 is 0. The number of aromatic hydroxyl groups is 1. The number of hydrogen-bond acceptors (Lipinski definition) is 5. The highest BCUT2D eigenvalue weighted by Crippen LogP contribution is 2.74. The first kappa shape index (κ1) is 38.1. The van der Waals surface area contributed by atoms with Gasteiger partial charge >= 0.3 is 0 Å². The van der Waals surface area contributed by atoms with E-state index in [4.69, 9.17) is 0 Å². The van der Waals surface area contributed by atoms with E-state index in [1.807, 2.05) is 6.07 Å². The van der Waals surface area contributed by atoms with Gasteiger partial charge in [-0.1, -0.05) is 83.8 Å². The fraction of sp³-hybridized carbons (Fsp3) is 0.714. The highest BCUT2D eigenvalue weighted by atomic mass is 33.1. The molecule has 3 nitrogen and oxygen atoms in total. The van der Waals surface area contributed by atoms with Crippen molar-refractivity contribution in [2.24, 2.45) is 57.2 Å². The van der Waals surface area contributed by atoms with Gasteiger partial charge in [-0.25, -0.2) is 0 Å². The van der Waals surface area contributed by atoms with Crippen molar-refractivity contribution in [3.05, 3.63) is 76.9 Å². The molecule has 2 aromatic rings. The van der Waals surface area contributed by atoms with Crippen molar-refractivity contribution in [3.63, 3.8) is 0 Å². The van der Waals surface area contributed by atoms with Crippen LogP contribution in [0.2, 0.25) is 0 Å². The summed E-state index contributed by atoms with van der Waals surface area (Å²) in [7, 11) is 6.51. The van der Waals surface area contributed by atoms with E-state index in [2.05, 4.69) is 102 Å². The van der Waals surface area contributed by atoms with Crippen LogP contribution in [0.3, 0.4) is 0 Å². The second-order valence-electron chi connectivity index (χ2n) is 20.8. The zero-order valence-electron chi connectivity index (χ0n) is 33.9. The number of phenols is 1. The molecule has 5 heteroatoms. The predicted octanol–water partition coefficient (Wildman–Crippen LogP) is 11.8. The van der Waals surface area contributed by atoms with Gasteiger partial charge in [-0.05, 0) is 208 Å². The molecule has 0 aromatic heterocycles. The molecule has 5 saturated carbocycles. The molecule has 9 rings (SSSR count). The van der Waals surface area contributed by atoms with Gasteiger partial charge in [0.25, 0.3) is 0 Å². The molecule has 1 heterocycles. The van der Waals surface area contributed by atoms with Gasteiger partial charge in [0.2, 0.25) is 0 Å². The predicted molar refractivity (Wildman–Crippen MR) is 231 cm³/mol. The van der Waals surface area contributed by atoms with Crippen LogP contribution >= 0.6 is 21.6 Å². The highest BCUT2D eigenvalue weighted by Gasteiger charge is 2.65. The summed E-state index contributed by atoms with van der Waals surface area (Å²) in [5, 5.41) is 18.9. The zero-order valence-corrected chi connectivity index (χ0v) is 35.5. The van der Waals surface area contributed by atoms with Gasteiger partial charge < -0.3 is 15.7 Å². The number of allylic oxidation sites excluding steroid dienone is 2. The molecule has 5 fully saturated rings. The lowest BCUT2D eigenvalue weighted by Crippen LogP contribution is -2.52. The van der Waals surface area contributed by atoms with Crippen molar-refractivity contribution in [1.82, 2.24) is 10.6 Å². The summed E-state index contributed by atoms with van der Waals surface area (Å²) in [5.41, 5.74) is 7.44. The highest BCUT2D eigenvalue weighted by molar-refractivity contribution is 8.76. The number of phenolic OH excluding ortho intramolecular Hbond substituents is 1. The maximum atomic E-state index is 11.3. The third-order valence-electron chi connectivity index (χ3n) is 16.8. The van der Waals surface area contributed by atoms with Crippen molar-refractivity contribution in [1.29, 1.82) is 0 Å². The molecule has 10 atom stereocenters. The Morgan fingerprint density at radius 3 is 2.48 bits per heavy atom. The Bertz CT molecular complexity index is 1670. The summed E-state index contributed by atoms with van der Waals surface area (Å²) in [6, 6.07) is 16.1. The molecule has 54 heavy (non-hydrogen) atoms. The van der Waals surface area contributed by atoms with Gasteiger partial charge in [-0.15, -0.1) is 0 Å². The van der Waals surface area contributed by atoms with E-state index in [1.165, 1.54) is 131 Å². The molecular formula is C49H70N2OS2. The Hall–Kier alpha value is -1.40. The smallest absolute Gasteiger partial charge is 0.116 e. The van der Waals surface area contributed by atoms with Gasteiger partial charge in [0.1, 0.15) is 5.75 Å². The number of rotatable bonds is 2. The Morgan fingerprint density at radius 2 is 1.65 bits per heavy atom. The third kappa shape index (κ3) is 7.53. The van der Waals surface area contributed by atoms with E-state index in [-0.39, 0.29) is 0 Å². The number of hydrogen-bond donors (Lipinski definition) is 3. The molecule has 2 aromatic carbocycles. The molecular weight excluding hydrogens is 697 g/mol. The van der Waals surface area contributed by atoms with Crippen LogP contribution in [0.15, 0.2) is 54.6 Å². The fourth-order valence-electron chi connectivity index (χ4n) is 15.1. The lowest BCUT2D eigenvalue weighted by atomic mass is 9.44. The summed E-state index contributed by atoms with van der Waals surface area (Å²) in [5.74, 6) is 7.51. The van der Waals surface area contributed by atoms with Crippen LogP contribution in [0.1, 0.15) is 132 Å². The molecule has 4 bridgehead atoms. The second-order valence-corrected chi connectivity index (χ2v) is 23.4. The lowest BCUT2D eigenvalue weighted by Gasteiger charge is -2.61. The maximum absolute atomic E-state index is 11.3. The molecule has 0 radical (unpaired) electrons. The molecule has 3 N–H and O–H groups in total. The minimum absolute atomic E-state index is 0.347. The van der Waals surface area contributed by atoms with Crippen LogP contribution in [0.25, 0.3) is 0 Å². The summed E-state index contributed by atoms with van der Waals surface area (Å²) >= 11 is 0. The van der Waals surface area contributed by atoms with E-state index in [0.717, 1.165) is 54.7 Å². The van der Waals surface area contributed by atoms with Crippen LogP contribution in [0.5, 0.6) is 5.75 Å².